The molecule has 3 rings (SSSR count). The zero-order chi connectivity index (χ0) is 16.6. The lowest BCUT2D eigenvalue weighted by atomic mass is 10.1. The van der Waals surface area contributed by atoms with Gasteiger partial charge in [0.2, 0.25) is 0 Å². The molecule has 0 spiro atoms. The number of nitrogens with one attached hydrogen (secondary N) is 1. The van der Waals surface area contributed by atoms with Gasteiger partial charge in [-0.25, -0.2) is 4.68 Å². The van der Waals surface area contributed by atoms with Crippen molar-refractivity contribution < 1.29 is 4.79 Å². The molecule has 2 heterocycles. The van der Waals surface area contributed by atoms with Gasteiger partial charge >= 0.3 is 0 Å². The molecule has 0 radical (unpaired) electrons. The van der Waals surface area contributed by atoms with Crippen LogP contribution >= 0.6 is 24.0 Å². The average Bonchev–Trinajstić information content (AvgIpc) is 2.82. The Hall–Kier alpha value is -1.56. The Labute approximate surface area is 153 Å². The molecule has 1 aromatic heterocycles. The Morgan fingerprint density at radius 3 is 2.50 bits per heavy atom. The number of rotatable bonds is 2. The van der Waals surface area contributed by atoms with Crippen LogP contribution in [0.25, 0.3) is 5.69 Å². The molecule has 5 nitrogen and oxygen atoms in total. The summed E-state index contributed by atoms with van der Waals surface area (Å²) in [7, 11) is 0. The second-order valence-corrected chi connectivity index (χ2v) is 6.37. The number of nitrogens with zero attached hydrogens (tertiary/aromatic N) is 3. The molecular weight excluding hydrogens is 347 g/mol. The Kier molecular flexibility index (Phi) is 5.91. The predicted octanol–water partition coefficient (Wildman–Crippen LogP) is 3.00. The molecule has 2 aromatic rings. The summed E-state index contributed by atoms with van der Waals surface area (Å²) in [5, 5.41) is 8.42. The van der Waals surface area contributed by atoms with Crippen molar-refractivity contribution in [1.82, 2.24) is 20.0 Å². The van der Waals surface area contributed by atoms with Crippen molar-refractivity contribution in [3.8, 4) is 5.69 Å². The summed E-state index contributed by atoms with van der Waals surface area (Å²) in [6.45, 7) is 8.32. The zero-order valence-electron chi connectivity index (χ0n) is 14.0. The zero-order valence-corrected chi connectivity index (χ0v) is 15.6. The number of carbonyl (C=O) groups excluding carboxylic acids is 1. The maximum atomic E-state index is 12.6. The van der Waals surface area contributed by atoms with Gasteiger partial charge in [0.1, 0.15) is 0 Å². The molecule has 1 aromatic carbocycles. The first-order valence-electron chi connectivity index (χ1n) is 7.83. The molecule has 1 aliphatic rings. The lowest BCUT2D eigenvalue weighted by Gasteiger charge is -2.34. The van der Waals surface area contributed by atoms with Crippen molar-refractivity contribution in [1.29, 1.82) is 0 Å². The third-order valence-electron chi connectivity index (χ3n) is 4.32. The first-order chi connectivity index (χ1) is 11.0. The largest absolute Gasteiger partial charge is 0.333 e. The van der Waals surface area contributed by atoms with E-state index in [2.05, 4.69) is 17.3 Å². The standard InChI is InChI=1S/C17H21ClN4O.ClH/c1-11-10-19-8-9-21(11)17(23)14-4-6-15(7-5-14)22-13(3)16(18)12(2)20-22;/h4-7,11,19H,8-10H2,1-3H3;1H/t11-;/m0./s1. The molecule has 1 amide bonds. The van der Waals surface area contributed by atoms with Crippen LogP contribution in [-0.2, 0) is 0 Å². The Morgan fingerprint density at radius 1 is 1.29 bits per heavy atom. The van der Waals surface area contributed by atoms with E-state index in [0.717, 1.165) is 36.7 Å². The van der Waals surface area contributed by atoms with E-state index in [1.807, 2.05) is 43.0 Å². The van der Waals surface area contributed by atoms with Crippen molar-refractivity contribution in [2.75, 3.05) is 19.6 Å². The third kappa shape index (κ3) is 3.43. The lowest BCUT2D eigenvalue weighted by molar-refractivity contribution is 0.0656. The van der Waals surface area contributed by atoms with E-state index in [9.17, 15) is 4.79 Å². The van der Waals surface area contributed by atoms with Gasteiger partial charge in [0.15, 0.2) is 0 Å². The van der Waals surface area contributed by atoms with Gasteiger partial charge in [-0.15, -0.1) is 12.4 Å². The normalized spacial score (nSPS) is 17.5. The van der Waals surface area contributed by atoms with Crippen molar-refractivity contribution in [2.24, 2.45) is 0 Å². The molecule has 0 bridgehead atoms. The van der Waals surface area contributed by atoms with E-state index in [1.165, 1.54) is 0 Å². The molecule has 130 valence electrons. The van der Waals surface area contributed by atoms with E-state index in [-0.39, 0.29) is 24.4 Å². The molecule has 0 saturated carbocycles. The highest BCUT2D eigenvalue weighted by atomic mass is 35.5. The summed E-state index contributed by atoms with van der Waals surface area (Å²) < 4.78 is 1.80. The number of aromatic nitrogens is 2. The van der Waals surface area contributed by atoms with Gasteiger partial charge in [-0.3, -0.25) is 4.79 Å². The van der Waals surface area contributed by atoms with Crippen LogP contribution in [0.1, 0.15) is 28.7 Å². The third-order valence-corrected chi connectivity index (χ3v) is 4.87. The van der Waals surface area contributed by atoms with Gasteiger partial charge in [0.25, 0.3) is 5.91 Å². The monoisotopic (exact) mass is 368 g/mol. The number of halogens is 2. The smallest absolute Gasteiger partial charge is 0.254 e. The number of aryl methyl sites for hydroxylation is 1. The molecule has 0 aliphatic carbocycles. The van der Waals surface area contributed by atoms with Crippen LogP contribution in [0, 0.1) is 13.8 Å². The van der Waals surface area contributed by atoms with Crippen LogP contribution in [0.3, 0.4) is 0 Å². The summed E-state index contributed by atoms with van der Waals surface area (Å²) in [6, 6.07) is 7.75. The molecule has 1 aliphatic heterocycles. The van der Waals surface area contributed by atoms with Gasteiger partial charge in [0.05, 0.1) is 22.1 Å². The van der Waals surface area contributed by atoms with Crippen LogP contribution in [0.15, 0.2) is 24.3 Å². The van der Waals surface area contributed by atoms with Crippen molar-refractivity contribution in [3.63, 3.8) is 0 Å². The van der Waals surface area contributed by atoms with E-state index < -0.39 is 0 Å². The highest BCUT2D eigenvalue weighted by Crippen LogP contribution is 2.22. The highest BCUT2D eigenvalue weighted by Gasteiger charge is 2.24. The van der Waals surface area contributed by atoms with Crippen molar-refractivity contribution in [2.45, 2.75) is 26.8 Å². The van der Waals surface area contributed by atoms with Gasteiger partial charge in [-0.05, 0) is 45.0 Å². The second kappa shape index (κ2) is 7.55. The predicted molar refractivity (Wildman–Crippen MR) is 98.7 cm³/mol. The summed E-state index contributed by atoms with van der Waals surface area (Å²) in [5.74, 6) is 0.0805. The summed E-state index contributed by atoms with van der Waals surface area (Å²) in [4.78, 5) is 14.6. The fraction of sp³-hybridized carbons (Fsp3) is 0.412. The molecule has 1 saturated heterocycles. The molecule has 7 heteroatoms. The average molecular weight is 369 g/mol. The number of benzene rings is 1. The van der Waals surface area contributed by atoms with Gasteiger partial charge < -0.3 is 10.2 Å². The quantitative estimate of drug-likeness (QED) is 0.886. The Bertz CT molecular complexity index is 727. The maximum absolute atomic E-state index is 12.6. The van der Waals surface area contributed by atoms with E-state index in [1.54, 1.807) is 4.68 Å². The van der Waals surface area contributed by atoms with E-state index >= 15 is 0 Å². The molecular formula is C17H22Cl2N4O. The maximum Gasteiger partial charge on any atom is 0.254 e. The second-order valence-electron chi connectivity index (χ2n) is 6.00. The minimum Gasteiger partial charge on any atom is -0.333 e. The molecule has 1 fully saturated rings. The first kappa shape index (κ1) is 18.8. The Balaban J connectivity index is 0.00000208. The van der Waals surface area contributed by atoms with Crippen molar-refractivity contribution >= 4 is 29.9 Å². The molecule has 24 heavy (non-hydrogen) atoms. The van der Waals surface area contributed by atoms with Crippen LogP contribution in [0.4, 0.5) is 0 Å². The molecule has 1 N–H and O–H groups in total. The molecule has 0 unspecified atom stereocenters. The van der Waals surface area contributed by atoms with Gasteiger partial charge in [-0.1, -0.05) is 11.6 Å². The number of carbonyl (C=O) groups is 1. The van der Waals surface area contributed by atoms with E-state index in [4.69, 9.17) is 11.6 Å². The summed E-state index contributed by atoms with van der Waals surface area (Å²) in [5.41, 5.74) is 3.32. The SMILES string of the molecule is Cc1nn(-c2ccc(C(=O)N3CCNC[C@@H]3C)cc2)c(C)c1Cl.Cl. The van der Waals surface area contributed by atoms with Gasteiger partial charge in [0, 0.05) is 31.2 Å². The summed E-state index contributed by atoms with van der Waals surface area (Å²) in [6.07, 6.45) is 0. The van der Waals surface area contributed by atoms with Crippen molar-refractivity contribution in [3.05, 3.63) is 46.2 Å². The number of amides is 1. The molecule has 1 atom stereocenters. The van der Waals surface area contributed by atoms with E-state index in [0.29, 0.717) is 10.6 Å². The number of hydrogen-bond acceptors (Lipinski definition) is 3. The number of hydrogen-bond donors (Lipinski definition) is 1. The topological polar surface area (TPSA) is 50.2 Å². The highest BCUT2D eigenvalue weighted by molar-refractivity contribution is 6.31. The summed E-state index contributed by atoms with van der Waals surface area (Å²) >= 11 is 6.20. The fourth-order valence-electron chi connectivity index (χ4n) is 2.93. The minimum absolute atomic E-state index is 0. The van der Waals surface area contributed by atoms with Crippen LogP contribution in [0.2, 0.25) is 5.02 Å². The van der Waals surface area contributed by atoms with Crippen LogP contribution in [0.5, 0.6) is 0 Å². The minimum atomic E-state index is 0. The fourth-order valence-corrected chi connectivity index (χ4v) is 3.05. The Morgan fingerprint density at radius 2 is 1.96 bits per heavy atom. The van der Waals surface area contributed by atoms with Gasteiger partial charge in [-0.2, -0.15) is 5.10 Å². The van der Waals surface area contributed by atoms with Crippen LogP contribution in [-0.4, -0.2) is 46.3 Å². The number of piperazine rings is 1. The first-order valence-corrected chi connectivity index (χ1v) is 8.20. The van der Waals surface area contributed by atoms with Crippen LogP contribution < -0.4 is 5.32 Å². The lowest BCUT2D eigenvalue weighted by Crippen LogP contribution is -2.52.